The van der Waals surface area contributed by atoms with Crippen LogP contribution in [0.2, 0.25) is 0 Å². The van der Waals surface area contributed by atoms with Gasteiger partial charge in [-0.25, -0.2) is 4.68 Å². The Bertz CT molecular complexity index is 808. The molecule has 5 fully saturated rings. The fourth-order valence-corrected chi connectivity index (χ4v) is 9.16. The van der Waals surface area contributed by atoms with E-state index in [2.05, 4.69) is 22.4 Å². The first-order chi connectivity index (χ1) is 13.9. The Balaban J connectivity index is 1.24. The highest BCUT2D eigenvalue weighted by Gasteiger charge is 2.70. The molecular weight excluding hydrogens is 364 g/mol. The summed E-state index contributed by atoms with van der Waals surface area (Å²) in [5, 5.41) is 21.9. The van der Waals surface area contributed by atoms with Crippen molar-refractivity contribution in [2.75, 3.05) is 0 Å². The number of aliphatic hydroxyl groups is 1. The monoisotopic (exact) mass is 398 g/mol. The Hall–Kier alpha value is -1.30. The molecule has 0 aromatic carbocycles. The Morgan fingerprint density at radius 2 is 1.90 bits per heavy atom. The van der Waals surface area contributed by atoms with Gasteiger partial charge in [0.25, 0.3) is 0 Å². The van der Waals surface area contributed by atoms with Crippen LogP contribution in [0.1, 0.15) is 65.2 Å². The van der Waals surface area contributed by atoms with E-state index in [9.17, 15) is 9.90 Å². The maximum absolute atomic E-state index is 13.3. The Labute approximate surface area is 172 Å². The van der Waals surface area contributed by atoms with Crippen LogP contribution in [0.15, 0.2) is 6.33 Å². The van der Waals surface area contributed by atoms with Crippen LogP contribution in [0.3, 0.4) is 0 Å². The molecule has 0 saturated heterocycles. The summed E-state index contributed by atoms with van der Waals surface area (Å²) in [6, 6.07) is 0. The van der Waals surface area contributed by atoms with Crippen molar-refractivity contribution in [1.29, 1.82) is 0 Å². The zero-order valence-electron chi connectivity index (χ0n) is 17.7. The van der Waals surface area contributed by atoms with Gasteiger partial charge in [-0.05, 0) is 116 Å². The molecule has 1 unspecified atom stereocenters. The van der Waals surface area contributed by atoms with Crippen molar-refractivity contribution in [3.63, 3.8) is 0 Å². The van der Waals surface area contributed by atoms with E-state index in [0.717, 1.165) is 48.3 Å². The highest BCUT2D eigenvalue weighted by Crippen LogP contribution is 2.74. The Morgan fingerprint density at radius 3 is 2.69 bits per heavy atom. The summed E-state index contributed by atoms with van der Waals surface area (Å²) < 4.78 is 1.60. The number of tetrazole rings is 1. The topological polar surface area (TPSA) is 80.9 Å². The number of hydrogen-bond acceptors (Lipinski definition) is 5. The van der Waals surface area contributed by atoms with E-state index in [1.165, 1.54) is 38.5 Å². The second kappa shape index (κ2) is 6.12. The molecule has 1 heterocycles. The number of aromatic nitrogens is 4. The first-order valence-electron chi connectivity index (χ1n) is 11.8. The molecule has 0 bridgehead atoms. The van der Waals surface area contributed by atoms with Crippen molar-refractivity contribution in [2.24, 2.45) is 52.8 Å². The zero-order valence-corrected chi connectivity index (χ0v) is 17.7. The SMILES string of the molecule is C[C@@]1(O)CC[C@H]2[C@H](CC[C@H]3C4[C@@H]5C[C@@H]5[C@H](C(=O)Cn5cnnn5)[C@@]4(C)CC[C@H]23)C1. The third kappa shape index (κ3) is 2.70. The molecule has 158 valence electrons. The molecule has 1 aromatic heterocycles. The number of carbonyl (C=O) groups is 1. The molecule has 6 heteroatoms. The largest absolute Gasteiger partial charge is 0.390 e. The molecule has 0 aliphatic heterocycles. The first kappa shape index (κ1) is 18.5. The van der Waals surface area contributed by atoms with Crippen molar-refractivity contribution >= 4 is 5.78 Å². The molecule has 6 rings (SSSR count). The normalized spacial score (nSPS) is 52.8. The van der Waals surface area contributed by atoms with Crippen LogP contribution in [0.5, 0.6) is 0 Å². The van der Waals surface area contributed by atoms with E-state index in [4.69, 9.17) is 0 Å². The van der Waals surface area contributed by atoms with Crippen LogP contribution in [0.4, 0.5) is 0 Å². The lowest BCUT2D eigenvalue weighted by molar-refractivity contribution is -0.136. The van der Waals surface area contributed by atoms with Gasteiger partial charge < -0.3 is 5.11 Å². The van der Waals surface area contributed by atoms with Crippen LogP contribution in [0, 0.1) is 52.8 Å². The van der Waals surface area contributed by atoms with Crippen molar-refractivity contribution in [2.45, 2.75) is 77.4 Å². The maximum atomic E-state index is 13.3. The predicted octanol–water partition coefficient (Wildman–Crippen LogP) is 3.12. The van der Waals surface area contributed by atoms with Gasteiger partial charge in [-0.15, -0.1) is 5.10 Å². The summed E-state index contributed by atoms with van der Waals surface area (Å²) in [4.78, 5) is 13.3. The number of Topliss-reactive ketones (excluding diaryl/α,β-unsaturated/α-hetero) is 1. The standard InChI is InChI=1S/C23H34N4O2/c1-22(29)7-5-14-13(10-22)3-4-16-15(14)6-8-23(2)20(16)17-9-18(17)21(23)19(28)11-27-12-24-25-26-27/h12-18,20-21,29H,3-11H2,1-2H3/t13-,14+,15-,16-,17-,18+,20?,21-,22-,23+/m1/s1. The lowest BCUT2D eigenvalue weighted by Gasteiger charge is -2.57. The summed E-state index contributed by atoms with van der Waals surface area (Å²) in [6.07, 6.45) is 11.1. The maximum Gasteiger partial charge on any atom is 0.158 e. The minimum Gasteiger partial charge on any atom is -0.390 e. The van der Waals surface area contributed by atoms with Gasteiger partial charge in [-0.3, -0.25) is 4.79 Å². The van der Waals surface area contributed by atoms with Gasteiger partial charge in [-0.2, -0.15) is 0 Å². The van der Waals surface area contributed by atoms with Gasteiger partial charge in [0.1, 0.15) is 12.9 Å². The second-order valence-electron chi connectivity index (χ2n) is 11.7. The van der Waals surface area contributed by atoms with E-state index >= 15 is 0 Å². The van der Waals surface area contributed by atoms with E-state index in [1.54, 1.807) is 11.0 Å². The zero-order chi connectivity index (χ0) is 20.0. The fraction of sp³-hybridized carbons (Fsp3) is 0.913. The number of ketones is 1. The smallest absolute Gasteiger partial charge is 0.158 e. The van der Waals surface area contributed by atoms with Crippen LogP contribution in [0.25, 0.3) is 0 Å². The van der Waals surface area contributed by atoms with Crippen LogP contribution >= 0.6 is 0 Å². The summed E-state index contributed by atoms with van der Waals surface area (Å²) in [7, 11) is 0. The van der Waals surface area contributed by atoms with Crippen molar-refractivity contribution in [1.82, 2.24) is 20.2 Å². The number of rotatable bonds is 3. The molecular formula is C23H34N4O2. The molecule has 1 N–H and O–H groups in total. The molecule has 0 amide bonds. The quantitative estimate of drug-likeness (QED) is 0.846. The summed E-state index contributed by atoms with van der Waals surface area (Å²) in [6.45, 7) is 4.82. The molecule has 5 aliphatic carbocycles. The number of hydrogen-bond donors (Lipinski definition) is 1. The van der Waals surface area contributed by atoms with Crippen molar-refractivity contribution in [3.8, 4) is 0 Å². The lowest BCUT2D eigenvalue weighted by Crippen LogP contribution is -2.52. The van der Waals surface area contributed by atoms with Gasteiger partial charge >= 0.3 is 0 Å². The van der Waals surface area contributed by atoms with Crippen molar-refractivity contribution < 1.29 is 9.90 Å². The highest BCUT2D eigenvalue weighted by atomic mass is 16.3. The minimum atomic E-state index is -0.445. The second-order valence-corrected chi connectivity index (χ2v) is 11.7. The van der Waals surface area contributed by atoms with Crippen LogP contribution < -0.4 is 0 Å². The lowest BCUT2D eigenvalue weighted by atomic mass is 9.48. The molecule has 5 aliphatic rings. The van der Waals surface area contributed by atoms with Gasteiger partial charge in [0.2, 0.25) is 0 Å². The number of fused-ring (bicyclic) bond motifs is 7. The van der Waals surface area contributed by atoms with Gasteiger partial charge in [-0.1, -0.05) is 6.92 Å². The molecule has 5 saturated carbocycles. The summed E-state index contributed by atoms with van der Waals surface area (Å²) in [5.41, 5.74) is -0.271. The molecule has 10 atom stereocenters. The predicted molar refractivity (Wildman–Crippen MR) is 106 cm³/mol. The van der Waals surface area contributed by atoms with E-state index in [0.29, 0.717) is 18.2 Å². The van der Waals surface area contributed by atoms with Crippen LogP contribution in [-0.4, -0.2) is 36.7 Å². The molecule has 29 heavy (non-hydrogen) atoms. The van der Waals surface area contributed by atoms with Gasteiger partial charge in [0.05, 0.1) is 5.60 Å². The molecule has 0 radical (unpaired) electrons. The average molecular weight is 399 g/mol. The average Bonchev–Trinajstić information content (AvgIpc) is 3.12. The van der Waals surface area contributed by atoms with Gasteiger partial charge in [0.15, 0.2) is 5.78 Å². The van der Waals surface area contributed by atoms with Crippen molar-refractivity contribution in [3.05, 3.63) is 6.33 Å². The Morgan fingerprint density at radius 1 is 1.07 bits per heavy atom. The third-order valence-electron chi connectivity index (χ3n) is 10.1. The van der Waals surface area contributed by atoms with Gasteiger partial charge in [0, 0.05) is 5.92 Å². The molecule has 1 aromatic rings. The molecule has 6 nitrogen and oxygen atoms in total. The number of carbonyl (C=O) groups excluding carboxylic acids is 1. The minimum absolute atomic E-state index is 0.173. The molecule has 0 spiro atoms. The summed E-state index contributed by atoms with van der Waals surface area (Å²) in [5.74, 6) is 5.85. The highest BCUT2D eigenvalue weighted by molar-refractivity contribution is 5.83. The Kier molecular flexibility index (Phi) is 3.89. The van der Waals surface area contributed by atoms with E-state index in [1.807, 2.05) is 6.92 Å². The summed E-state index contributed by atoms with van der Waals surface area (Å²) >= 11 is 0. The number of nitrogens with zero attached hydrogens (tertiary/aromatic N) is 4. The van der Waals surface area contributed by atoms with Crippen LogP contribution in [-0.2, 0) is 11.3 Å². The van der Waals surface area contributed by atoms with E-state index in [-0.39, 0.29) is 11.3 Å². The third-order valence-corrected chi connectivity index (χ3v) is 10.1. The first-order valence-corrected chi connectivity index (χ1v) is 11.8. The fourth-order valence-electron chi connectivity index (χ4n) is 9.16. The van der Waals surface area contributed by atoms with E-state index < -0.39 is 5.60 Å².